The lowest BCUT2D eigenvalue weighted by molar-refractivity contribution is -0.519. The zero-order valence-electron chi connectivity index (χ0n) is 7.17. The van der Waals surface area contributed by atoms with Gasteiger partial charge < -0.3 is 4.74 Å². The number of rotatable bonds is 0. The largest absolute Gasteiger partial charge is 0.457 e. The van der Waals surface area contributed by atoms with E-state index in [2.05, 4.69) is 9.47 Å². The molecule has 1 rings (SSSR count). The Morgan fingerprint density at radius 3 is 1.87 bits per heavy atom. The molecule has 2 unspecified atom stereocenters. The Morgan fingerprint density at radius 2 is 1.53 bits per heavy atom. The number of alkyl halides is 7. The van der Waals surface area contributed by atoms with Gasteiger partial charge in [-0.1, -0.05) is 0 Å². The van der Waals surface area contributed by atoms with Crippen molar-refractivity contribution in [1.29, 1.82) is 0 Å². The lowest BCUT2D eigenvalue weighted by Gasteiger charge is -2.41. The molecule has 0 aromatic carbocycles. The Hall–Kier alpha value is -0.570. The van der Waals surface area contributed by atoms with E-state index >= 15 is 0 Å². The smallest absolute Gasteiger partial charge is 0.326 e. The maximum atomic E-state index is 12.8. The molecule has 9 heteroatoms. The third kappa shape index (κ3) is 1.89. The topological polar surface area (TPSA) is 18.5 Å². The summed E-state index contributed by atoms with van der Waals surface area (Å²) in [6, 6.07) is 0. The maximum Gasteiger partial charge on any atom is 0.457 e. The molecule has 2 atom stereocenters. The van der Waals surface area contributed by atoms with Gasteiger partial charge in [0.25, 0.3) is 0 Å². The molecule has 0 spiro atoms. The van der Waals surface area contributed by atoms with E-state index in [1.54, 1.807) is 0 Å². The quantitative estimate of drug-likeness (QED) is 0.608. The van der Waals surface area contributed by atoms with E-state index in [1.165, 1.54) is 0 Å². The minimum atomic E-state index is -6.02. The zero-order valence-corrected chi connectivity index (χ0v) is 7.17. The summed E-state index contributed by atoms with van der Waals surface area (Å²) >= 11 is 0. The second-order valence-electron chi connectivity index (χ2n) is 3.10. The van der Waals surface area contributed by atoms with Gasteiger partial charge in [0.1, 0.15) is 6.61 Å². The van der Waals surface area contributed by atoms with Gasteiger partial charge in [-0.2, -0.15) is 26.3 Å². The summed E-state index contributed by atoms with van der Waals surface area (Å²) in [6.07, 6.45) is -11.5. The van der Waals surface area contributed by atoms with Gasteiger partial charge in [0.15, 0.2) is 0 Å². The summed E-state index contributed by atoms with van der Waals surface area (Å²) in [6.45, 7) is -1.19. The molecule has 90 valence electrons. The van der Waals surface area contributed by atoms with Crippen LogP contribution < -0.4 is 0 Å². The van der Waals surface area contributed by atoms with Crippen molar-refractivity contribution in [3.8, 4) is 0 Å². The predicted molar refractivity (Wildman–Crippen MR) is 31.4 cm³/mol. The van der Waals surface area contributed by atoms with Gasteiger partial charge in [-0.15, -0.1) is 0 Å². The highest BCUT2D eigenvalue weighted by atomic mass is 19.4. The van der Waals surface area contributed by atoms with Crippen LogP contribution in [0.2, 0.25) is 0 Å². The van der Waals surface area contributed by atoms with Gasteiger partial charge in [-0.25, -0.2) is 4.39 Å². The molecular weight excluding hydrogens is 237 g/mol. The maximum absolute atomic E-state index is 12.8. The van der Waals surface area contributed by atoms with Crippen LogP contribution in [0, 0.1) is 0 Å². The molecule has 1 aliphatic heterocycles. The van der Waals surface area contributed by atoms with Crippen molar-refractivity contribution in [3.05, 3.63) is 0 Å². The van der Waals surface area contributed by atoms with Crippen molar-refractivity contribution in [2.24, 2.45) is 0 Å². The van der Waals surface area contributed by atoms with Gasteiger partial charge in [0, 0.05) is 0 Å². The van der Waals surface area contributed by atoms with Gasteiger partial charge in [-0.3, -0.25) is 4.74 Å². The molecular formula is C6H5F7O2. The summed E-state index contributed by atoms with van der Waals surface area (Å²) in [5.41, 5.74) is 0. The van der Waals surface area contributed by atoms with Gasteiger partial charge in [0.05, 0.1) is 0 Å². The monoisotopic (exact) mass is 242 g/mol. The van der Waals surface area contributed by atoms with Crippen molar-refractivity contribution in [3.63, 3.8) is 0 Å². The number of hydrogen-bond acceptors (Lipinski definition) is 2. The van der Waals surface area contributed by atoms with Crippen LogP contribution >= 0.6 is 0 Å². The third-order valence-electron chi connectivity index (χ3n) is 1.61. The summed E-state index contributed by atoms with van der Waals surface area (Å²) in [4.78, 5) is 0. The Bertz CT molecular complexity index is 261. The Balaban J connectivity index is 3.05. The minimum Gasteiger partial charge on any atom is -0.326 e. The van der Waals surface area contributed by atoms with E-state index in [9.17, 15) is 30.7 Å². The average Bonchev–Trinajstić information content (AvgIpc) is 1.93. The fraction of sp³-hybridized carbons (Fsp3) is 1.00. The molecule has 0 radical (unpaired) electrons. The Kier molecular flexibility index (Phi) is 2.48. The molecule has 1 saturated heterocycles. The van der Waals surface area contributed by atoms with Crippen LogP contribution in [0.1, 0.15) is 6.92 Å². The number of halogens is 7. The summed E-state index contributed by atoms with van der Waals surface area (Å²) in [7, 11) is 0. The molecule has 0 aliphatic carbocycles. The highest BCUT2D eigenvalue weighted by molar-refractivity contribution is 4.91. The Morgan fingerprint density at radius 1 is 1.07 bits per heavy atom. The summed E-state index contributed by atoms with van der Waals surface area (Å²) in [5, 5.41) is 0. The van der Waals surface area contributed by atoms with Crippen LogP contribution in [0.3, 0.4) is 0 Å². The molecule has 1 fully saturated rings. The van der Waals surface area contributed by atoms with Crippen LogP contribution in [-0.4, -0.2) is 30.6 Å². The average molecular weight is 242 g/mol. The second kappa shape index (κ2) is 2.97. The highest BCUT2D eigenvalue weighted by Crippen LogP contribution is 2.51. The summed E-state index contributed by atoms with van der Waals surface area (Å²) < 4.78 is 92.6. The van der Waals surface area contributed by atoms with Gasteiger partial charge >= 0.3 is 18.1 Å². The first-order valence-corrected chi connectivity index (χ1v) is 3.58. The molecule has 1 heterocycles. The molecule has 0 aromatic rings. The van der Waals surface area contributed by atoms with Crippen molar-refractivity contribution >= 4 is 0 Å². The van der Waals surface area contributed by atoms with Crippen molar-refractivity contribution < 1.29 is 40.2 Å². The van der Waals surface area contributed by atoms with E-state index in [0.717, 1.165) is 0 Å². The standard InChI is InChI=1S/C6H5F7O2/c1-3(7)2-14-4(8,5(9,10)11)6(12,13)15-3/h2H2,1H3. The van der Waals surface area contributed by atoms with Crippen molar-refractivity contribution in [1.82, 2.24) is 0 Å². The van der Waals surface area contributed by atoms with Crippen LogP contribution in [0.25, 0.3) is 0 Å². The molecule has 0 bridgehead atoms. The summed E-state index contributed by atoms with van der Waals surface area (Å²) in [5.74, 6) is -8.50. The van der Waals surface area contributed by atoms with Crippen LogP contribution in [0.15, 0.2) is 0 Å². The first-order valence-electron chi connectivity index (χ1n) is 3.58. The molecule has 0 amide bonds. The fourth-order valence-electron chi connectivity index (χ4n) is 0.922. The third-order valence-corrected chi connectivity index (χ3v) is 1.61. The minimum absolute atomic E-state index is 0.400. The fourth-order valence-corrected chi connectivity index (χ4v) is 0.922. The molecule has 0 N–H and O–H groups in total. The zero-order chi connectivity index (χ0) is 12.1. The van der Waals surface area contributed by atoms with E-state index in [-0.39, 0.29) is 0 Å². The SMILES string of the molecule is CC1(F)COC(F)(C(F)(F)F)C(F)(F)O1. The van der Waals surface area contributed by atoms with Crippen LogP contribution in [0.5, 0.6) is 0 Å². The Labute approximate surface area is 78.9 Å². The van der Waals surface area contributed by atoms with Crippen molar-refractivity contribution in [2.75, 3.05) is 6.61 Å². The van der Waals surface area contributed by atoms with Gasteiger partial charge in [-0.05, 0) is 6.92 Å². The van der Waals surface area contributed by atoms with Crippen LogP contribution in [-0.2, 0) is 9.47 Å². The van der Waals surface area contributed by atoms with Gasteiger partial charge in [0.2, 0.25) is 5.85 Å². The molecule has 15 heavy (non-hydrogen) atoms. The molecule has 0 saturated carbocycles. The number of hydrogen-bond donors (Lipinski definition) is 0. The molecule has 1 aliphatic rings. The van der Waals surface area contributed by atoms with Crippen LogP contribution in [0.4, 0.5) is 30.7 Å². The molecule has 2 nitrogen and oxygen atoms in total. The number of ether oxygens (including phenoxy) is 2. The second-order valence-corrected chi connectivity index (χ2v) is 3.10. The highest BCUT2D eigenvalue weighted by Gasteiger charge is 2.78. The van der Waals surface area contributed by atoms with E-state index < -0.39 is 30.6 Å². The first-order chi connectivity index (χ1) is 6.41. The van der Waals surface area contributed by atoms with E-state index in [1.807, 2.05) is 0 Å². The first kappa shape index (κ1) is 12.5. The van der Waals surface area contributed by atoms with E-state index in [4.69, 9.17) is 0 Å². The van der Waals surface area contributed by atoms with E-state index in [0.29, 0.717) is 6.92 Å². The van der Waals surface area contributed by atoms with Crippen molar-refractivity contribution in [2.45, 2.75) is 30.9 Å². The predicted octanol–water partition coefficient (Wildman–Crippen LogP) is 2.54. The lowest BCUT2D eigenvalue weighted by Crippen LogP contribution is -2.65. The normalized spacial score (nSPS) is 41.6. The lowest BCUT2D eigenvalue weighted by atomic mass is 10.2. The molecule has 0 aromatic heterocycles.